The Morgan fingerprint density at radius 2 is 2.21 bits per heavy atom. The van der Waals surface area contributed by atoms with E-state index in [1.54, 1.807) is 4.57 Å². The number of thiazole rings is 1. The number of benzene rings is 1. The first-order valence-corrected chi connectivity index (χ1v) is 9.26. The van der Waals surface area contributed by atoms with Gasteiger partial charge in [-0.05, 0) is 13.0 Å². The zero-order chi connectivity index (χ0) is 16.5. The lowest BCUT2D eigenvalue weighted by Crippen LogP contribution is -2.15. The number of para-hydroxylation sites is 1. The predicted molar refractivity (Wildman–Crippen MR) is 95.6 cm³/mol. The SMILES string of the molecule is Cc1csc(=O)n1CCSc1nnc(-c2c[nH]c3ccccc23)o1. The minimum Gasteiger partial charge on any atom is -0.411 e. The number of nitrogens with zero attached hydrogens (tertiary/aromatic N) is 3. The highest BCUT2D eigenvalue weighted by molar-refractivity contribution is 7.99. The van der Waals surface area contributed by atoms with Crippen LogP contribution in [-0.2, 0) is 6.54 Å². The Morgan fingerprint density at radius 1 is 1.33 bits per heavy atom. The average Bonchev–Trinajstić information content (AvgIpc) is 3.29. The summed E-state index contributed by atoms with van der Waals surface area (Å²) in [5.74, 6) is 1.20. The molecule has 0 aliphatic carbocycles. The van der Waals surface area contributed by atoms with Crippen molar-refractivity contribution in [1.82, 2.24) is 19.7 Å². The summed E-state index contributed by atoms with van der Waals surface area (Å²) in [6.07, 6.45) is 1.88. The molecule has 0 spiro atoms. The van der Waals surface area contributed by atoms with Gasteiger partial charge in [0.2, 0.25) is 0 Å². The minimum atomic E-state index is 0.0677. The van der Waals surface area contributed by atoms with E-state index in [1.807, 2.05) is 42.8 Å². The molecule has 0 radical (unpaired) electrons. The molecule has 0 saturated carbocycles. The number of hydrogen-bond donors (Lipinski definition) is 1. The predicted octanol–water partition coefficient (Wildman–Crippen LogP) is 3.54. The molecule has 3 aromatic heterocycles. The van der Waals surface area contributed by atoms with Crippen molar-refractivity contribution in [2.75, 3.05) is 5.75 Å². The van der Waals surface area contributed by atoms with Crippen LogP contribution in [0.2, 0.25) is 0 Å². The third kappa shape index (κ3) is 2.78. The van der Waals surface area contributed by atoms with Crippen molar-refractivity contribution in [3.8, 4) is 11.5 Å². The Hall–Kier alpha value is -2.32. The normalized spacial score (nSPS) is 11.4. The van der Waals surface area contributed by atoms with Gasteiger partial charge in [-0.25, -0.2) is 0 Å². The van der Waals surface area contributed by atoms with E-state index in [4.69, 9.17) is 4.42 Å². The van der Waals surface area contributed by atoms with Crippen LogP contribution < -0.4 is 4.87 Å². The van der Waals surface area contributed by atoms with Crippen molar-refractivity contribution in [3.05, 3.63) is 51.2 Å². The Labute approximate surface area is 145 Å². The van der Waals surface area contributed by atoms with Crippen molar-refractivity contribution in [1.29, 1.82) is 0 Å². The maximum absolute atomic E-state index is 11.7. The molecule has 0 bridgehead atoms. The number of rotatable bonds is 5. The van der Waals surface area contributed by atoms with Crippen molar-refractivity contribution in [3.63, 3.8) is 0 Å². The fourth-order valence-corrected chi connectivity index (χ4v) is 3.97. The molecule has 0 amide bonds. The van der Waals surface area contributed by atoms with Gasteiger partial charge in [0.15, 0.2) is 0 Å². The summed E-state index contributed by atoms with van der Waals surface area (Å²) in [5.41, 5.74) is 2.91. The number of aryl methyl sites for hydroxylation is 1. The zero-order valence-corrected chi connectivity index (χ0v) is 14.5. The maximum atomic E-state index is 11.7. The van der Waals surface area contributed by atoms with Crippen LogP contribution in [0.3, 0.4) is 0 Å². The smallest absolute Gasteiger partial charge is 0.307 e. The van der Waals surface area contributed by atoms with E-state index in [1.165, 1.54) is 23.1 Å². The van der Waals surface area contributed by atoms with Gasteiger partial charge in [0.05, 0.1) is 5.56 Å². The van der Waals surface area contributed by atoms with Crippen molar-refractivity contribution >= 4 is 34.0 Å². The maximum Gasteiger partial charge on any atom is 0.307 e. The zero-order valence-electron chi connectivity index (χ0n) is 12.9. The molecule has 0 fully saturated rings. The van der Waals surface area contributed by atoms with E-state index in [-0.39, 0.29) is 4.87 Å². The molecule has 0 aliphatic rings. The summed E-state index contributed by atoms with van der Waals surface area (Å²) < 4.78 is 7.51. The third-order valence-electron chi connectivity index (χ3n) is 3.74. The summed E-state index contributed by atoms with van der Waals surface area (Å²) in [4.78, 5) is 15.0. The van der Waals surface area contributed by atoms with Crippen molar-refractivity contribution in [2.24, 2.45) is 0 Å². The molecule has 0 saturated heterocycles. The monoisotopic (exact) mass is 358 g/mol. The third-order valence-corrected chi connectivity index (χ3v) is 5.42. The Kier molecular flexibility index (Phi) is 3.99. The molecule has 122 valence electrons. The second-order valence-corrected chi connectivity index (χ2v) is 7.13. The number of hydrogen-bond acceptors (Lipinski definition) is 6. The number of fused-ring (bicyclic) bond motifs is 1. The lowest BCUT2D eigenvalue weighted by atomic mass is 10.2. The molecule has 0 aliphatic heterocycles. The van der Waals surface area contributed by atoms with Gasteiger partial charge in [-0.15, -0.1) is 10.2 Å². The van der Waals surface area contributed by atoms with Crippen LogP contribution in [0, 0.1) is 6.92 Å². The van der Waals surface area contributed by atoms with E-state index in [9.17, 15) is 4.79 Å². The molecule has 6 nitrogen and oxygen atoms in total. The molecule has 1 N–H and O–H groups in total. The fraction of sp³-hybridized carbons (Fsp3) is 0.188. The number of H-pyrrole nitrogens is 1. The molecular weight excluding hydrogens is 344 g/mol. The summed E-state index contributed by atoms with van der Waals surface area (Å²) in [6.45, 7) is 2.56. The van der Waals surface area contributed by atoms with E-state index < -0.39 is 0 Å². The van der Waals surface area contributed by atoms with Gasteiger partial charge in [0.25, 0.3) is 11.1 Å². The summed E-state index contributed by atoms with van der Waals surface area (Å²) >= 11 is 2.68. The Morgan fingerprint density at radius 3 is 3.04 bits per heavy atom. The van der Waals surface area contributed by atoms with Crippen molar-refractivity contribution in [2.45, 2.75) is 18.7 Å². The van der Waals surface area contributed by atoms with Crippen LogP contribution in [0.1, 0.15) is 5.69 Å². The first kappa shape index (κ1) is 15.2. The van der Waals surface area contributed by atoms with E-state index in [0.717, 1.165) is 22.2 Å². The van der Waals surface area contributed by atoms with Crippen LogP contribution in [0.5, 0.6) is 0 Å². The van der Waals surface area contributed by atoms with Crippen LogP contribution >= 0.6 is 23.1 Å². The topological polar surface area (TPSA) is 76.7 Å². The summed E-state index contributed by atoms with van der Waals surface area (Å²) in [5, 5.41) is 11.7. The van der Waals surface area contributed by atoms with Crippen LogP contribution in [0.15, 0.2) is 50.3 Å². The van der Waals surface area contributed by atoms with Crippen LogP contribution in [0.4, 0.5) is 0 Å². The highest BCUT2D eigenvalue weighted by atomic mass is 32.2. The Balaban J connectivity index is 1.48. The molecule has 4 rings (SSSR count). The van der Waals surface area contributed by atoms with Gasteiger partial charge >= 0.3 is 4.87 Å². The first-order chi connectivity index (χ1) is 11.7. The summed E-state index contributed by atoms with van der Waals surface area (Å²) in [6, 6.07) is 7.98. The lowest BCUT2D eigenvalue weighted by molar-refractivity contribution is 0.466. The molecule has 3 heterocycles. The standard InChI is InChI=1S/C16H14N4O2S2/c1-10-9-24-16(21)20(10)6-7-23-15-19-18-14(22-15)12-8-17-13-5-3-2-4-11(12)13/h2-5,8-9,17H,6-7H2,1H3. The van der Waals surface area contributed by atoms with Gasteiger partial charge in [-0.3, -0.25) is 4.79 Å². The highest BCUT2D eigenvalue weighted by Crippen LogP contribution is 2.29. The molecule has 24 heavy (non-hydrogen) atoms. The first-order valence-electron chi connectivity index (χ1n) is 7.40. The molecule has 8 heteroatoms. The van der Waals surface area contributed by atoms with Crippen LogP contribution in [-0.4, -0.2) is 25.5 Å². The number of thioether (sulfide) groups is 1. The van der Waals surface area contributed by atoms with E-state index in [0.29, 0.717) is 23.4 Å². The second kappa shape index (κ2) is 6.29. The second-order valence-electron chi connectivity index (χ2n) is 5.26. The largest absolute Gasteiger partial charge is 0.411 e. The number of aromatic nitrogens is 4. The van der Waals surface area contributed by atoms with Gasteiger partial charge < -0.3 is 14.0 Å². The van der Waals surface area contributed by atoms with E-state index in [2.05, 4.69) is 15.2 Å². The Bertz CT molecular complexity index is 1040. The van der Waals surface area contributed by atoms with Gasteiger partial charge in [0, 0.05) is 40.5 Å². The molecule has 4 aromatic rings. The lowest BCUT2D eigenvalue weighted by Gasteiger charge is -2.01. The molecule has 1 aromatic carbocycles. The van der Waals surface area contributed by atoms with Crippen LogP contribution in [0.25, 0.3) is 22.4 Å². The van der Waals surface area contributed by atoms with Gasteiger partial charge in [0.1, 0.15) is 0 Å². The minimum absolute atomic E-state index is 0.0677. The quantitative estimate of drug-likeness (QED) is 0.552. The molecule has 0 unspecified atom stereocenters. The highest BCUT2D eigenvalue weighted by Gasteiger charge is 2.13. The average molecular weight is 358 g/mol. The van der Waals surface area contributed by atoms with E-state index >= 15 is 0 Å². The fourth-order valence-electron chi connectivity index (χ4n) is 2.52. The van der Waals surface area contributed by atoms with Gasteiger partial charge in [-0.1, -0.05) is 41.3 Å². The molecule has 0 atom stereocenters. The number of nitrogens with one attached hydrogen (secondary N) is 1. The van der Waals surface area contributed by atoms with Crippen molar-refractivity contribution < 1.29 is 4.42 Å². The molecular formula is C16H14N4O2S2. The summed E-state index contributed by atoms with van der Waals surface area (Å²) in [7, 11) is 0. The van der Waals surface area contributed by atoms with Gasteiger partial charge in [-0.2, -0.15) is 0 Å². The number of aromatic amines is 1.